The van der Waals surface area contributed by atoms with Gasteiger partial charge in [-0.25, -0.2) is 4.39 Å². The Morgan fingerprint density at radius 3 is 2.68 bits per heavy atom. The fraction of sp³-hybridized carbons (Fsp3) is 0.143. The summed E-state index contributed by atoms with van der Waals surface area (Å²) < 4.78 is 18.4. The van der Waals surface area contributed by atoms with Gasteiger partial charge in [-0.05, 0) is 30.3 Å². The number of benzene rings is 2. The van der Waals surface area contributed by atoms with Crippen molar-refractivity contribution < 1.29 is 9.13 Å². The molecule has 0 heterocycles. The molecule has 19 heavy (non-hydrogen) atoms. The fourth-order valence-corrected chi connectivity index (χ4v) is 2.14. The zero-order chi connectivity index (χ0) is 13.8. The van der Waals surface area contributed by atoms with Gasteiger partial charge in [0.25, 0.3) is 0 Å². The van der Waals surface area contributed by atoms with E-state index in [1.165, 1.54) is 18.2 Å². The van der Waals surface area contributed by atoms with Gasteiger partial charge in [-0.1, -0.05) is 29.3 Å². The van der Waals surface area contributed by atoms with Crippen LogP contribution in [0.15, 0.2) is 36.4 Å². The maximum Gasteiger partial charge on any atom is 0.125 e. The van der Waals surface area contributed by atoms with Crippen molar-refractivity contribution in [3.05, 3.63) is 57.8 Å². The lowest BCUT2D eigenvalue weighted by atomic mass is 10.2. The van der Waals surface area contributed by atoms with E-state index in [0.29, 0.717) is 28.0 Å². The van der Waals surface area contributed by atoms with Crippen LogP contribution < -0.4 is 10.1 Å². The van der Waals surface area contributed by atoms with Crippen LogP contribution in [0.1, 0.15) is 5.56 Å². The maximum absolute atomic E-state index is 13.1. The number of rotatable bonds is 4. The summed E-state index contributed by atoms with van der Waals surface area (Å²) in [6, 6.07) is 9.54. The highest BCUT2D eigenvalue weighted by molar-refractivity contribution is 6.33. The van der Waals surface area contributed by atoms with Gasteiger partial charge in [-0.3, -0.25) is 0 Å². The fourth-order valence-electron chi connectivity index (χ4n) is 1.72. The van der Waals surface area contributed by atoms with E-state index in [2.05, 4.69) is 5.32 Å². The third-order valence-electron chi connectivity index (χ3n) is 2.68. The Balaban J connectivity index is 2.21. The van der Waals surface area contributed by atoms with Crippen molar-refractivity contribution in [2.24, 2.45) is 0 Å². The van der Waals surface area contributed by atoms with Gasteiger partial charge < -0.3 is 10.1 Å². The quantitative estimate of drug-likeness (QED) is 0.879. The van der Waals surface area contributed by atoms with E-state index >= 15 is 0 Å². The maximum atomic E-state index is 13.1. The van der Waals surface area contributed by atoms with Crippen LogP contribution in [0.2, 0.25) is 10.0 Å². The molecule has 0 aliphatic carbocycles. The largest absolute Gasteiger partial charge is 0.496 e. The molecule has 0 radical (unpaired) electrons. The lowest BCUT2D eigenvalue weighted by Crippen LogP contribution is -2.03. The molecule has 0 aliphatic rings. The van der Waals surface area contributed by atoms with Crippen molar-refractivity contribution in [1.82, 2.24) is 0 Å². The Morgan fingerprint density at radius 2 is 1.95 bits per heavy atom. The SMILES string of the molecule is COc1cccc(Cl)c1CNc1cc(F)ccc1Cl. The zero-order valence-electron chi connectivity index (χ0n) is 10.2. The molecule has 1 N–H and O–H groups in total. The van der Waals surface area contributed by atoms with E-state index in [1.54, 1.807) is 19.2 Å². The van der Waals surface area contributed by atoms with Gasteiger partial charge in [0, 0.05) is 17.1 Å². The smallest absolute Gasteiger partial charge is 0.125 e. The average Bonchev–Trinajstić information content (AvgIpc) is 2.40. The van der Waals surface area contributed by atoms with E-state index in [0.717, 1.165) is 5.56 Å². The molecule has 0 saturated heterocycles. The summed E-state index contributed by atoms with van der Waals surface area (Å²) >= 11 is 12.1. The van der Waals surface area contributed by atoms with E-state index in [-0.39, 0.29) is 5.82 Å². The highest BCUT2D eigenvalue weighted by Gasteiger charge is 2.08. The summed E-state index contributed by atoms with van der Waals surface area (Å²) in [6.07, 6.45) is 0. The van der Waals surface area contributed by atoms with Crippen LogP contribution in [-0.2, 0) is 6.54 Å². The first kappa shape index (κ1) is 14.0. The van der Waals surface area contributed by atoms with Crippen LogP contribution in [0.25, 0.3) is 0 Å². The minimum atomic E-state index is -0.349. The normalized spacial score (nSPS) is 10.3. The zero-order valence-corrected chi connectivity index (χ0v) is 11.7. The Morgan fingerprint density at radius 1 is 1.16 bits per heavy atom. The molecular weight excluding hydrogens is 288 g/mol. The second kappa shape index (κ2) is 6.13. The van der Waals surface area contributed by atoms with Gasteiger partial charge in [0.15, 0.2) is 0 Å². The molecule has 0 aliphatic heterocycles. The molecule has 0 atom stereocenters. The Kier molecular flexibility index (Phi) is 4.51. The number of hydrogen-bond acceptors (Lipinski definition) is 2. The van der Waals surface area contributed by atoms with Crippen LogP contribution >= 0.6 is 23.2 Å². The topological polar surface area (TPSA) is 21.3 Å². The van der Waals surface area contributed by atoms with Crippen molar-refractivity contribution in [3.8, 4) is 5.75 Å². The third kappa shape index (κ3) is 3.31. The molecule has 100 valence electrons. The van der Waals surface area contributed by atoms with Crippen LogP contribution in [0, 0.1) is 5.82 Å². The summed E-state index contributed by atoms with van der Waals surface area (Å²) in [4.78, 5) is 0. The summed E-state index contributed by atoms with van der Waals surface area (Å²) in [5.74, 6) is 0.325. The molecule has 0 amide bonds. The minimum Gasteiger partial charge on any atom is -0.496 e. The molecule has 2 nitrogen and oxygen atoms in total. The molecule has 0 unspecified atom stereocenters. The first-order valence-electron chi connectivity index (χ1n) is 5.62. The number of nitrogens with one attached hydrogen (secondary N) is 1. The van der Waals surface area contributed by atoms with Gasteiger partial charge in [0.2, 0.25) is 0 Å². The Bertz CT molecular complexity index is 590. The van der Waals surface area contributed by atoms with E-state index < -0.39 is 0 Å². The van der Waals surface area contributed by atoms with Crippen molar-refractivity contribution in [2.75, 3.05) is 12.4 Å². The van der Waals surface area contributed by atoms with Gasteiger partial charge in [0.1, 0.15) is 11.6 Å². The molecule has 0 spiro atoms. The van der Waals surface area contributed by atoms with E-state index in [9.17, 15) is 4.39 Å². The van der Waals surface area contributed by atoms with Crippen LogP contribution in [0.3, 0.4) is 0 Å². The second-order valence-electron chi connectivity index (χ2n) is 3.90. The summed E-state index contributed by atoms with van der Waals surface area (Å²) in [7, 11) is 1.57. The van der Waals surface area contributed by atoms with Gasteiger partial charge >= 0.3 is 0 Å². The van der Waals surface area contributed by atoms with E-state index in [4.69, 9.17) is 27.9 Å². The number of hydrogen-bond donors (Lipinski definition) is 1. The van der Waals surface area contributed by atoms with Crippen LogP contribution in [-0.4, -0.2) is 7.11 Å². The molecule has 0 bridgehead atoms. The minimum absolute atomic E-state index is 0.349. The number of ether oxygens (including phenoxy) is 1. The molecule has 2 aromatic rings. The second-order valence-corrected chi connectivity index (χ2v) is 4.71. The molecule has 2 aromatic carbocycles. The third-order valence-corrected chi connectivity index (χ3v) is 3.36. The number of anilines is 1. The first-order valence-corrected chi connectivity index (χ1v) is 6.37. The molecule has 0 fully saturated rings. The Hall–Kier alpha value is -1.45. The summed E-state index contributed by atoms with van der Waals surface area (Å²) in [5, 5.41) is 4.08. The van der Waals surface area contributed by atoms with Gasteiger partial charge in [0.05, 0.1) is 17.8 Å². The molecular formula is C14H12Cl2FNO. The Labute approximate surface area is 121 Å². The predicted molar refractivity (Wildman–Crippen MR) is 76.7 cm³/mol. The lowest BCUT2D eigenvalue weighted by Gasteiger charge is -2.13. The van der Waals surface area contributed by atoms with Crippen molar-refractivity contribution in [3.63, 3.8) is 0 Å². The van der Waals surface area contributed by atoms with Crippen molar-refractivity contribution >= 4 is 28.9 Å². The lowest BCUT2D eigenvalue weighted by molar-refractivity contribution is 0.410. The monoisotopic (exact) mass is 299 g/mol. The molecule has 0 aromatic heterocycles. The van der Waals surface area contributed by atoms with Gasteiger partial charge in [-0.15, -0.1) is 0 Å². The molecule has 0 saturated carbocycles. The average molecular weight is 300 g/mol. The highest BCUT2D eigenvalue weighted by Crippen LogP contribution is 2.29. The van der Waals surface area contributed by atoms with Gasteiger partial charge in [-0.2, -0.15) is 0 Å². The first-order chi connectivity index (χ1) is 9.11. The van der Waals surface area contributed by atoms with Crippen molar-refractivity contribution in [2.45, 2.75) is 6.54 Å². The van der Waals surface area contributed by atoms with Crippen LogP contribution in [0.4, 0.5) is 10.1 Å². The number of methoxy groups -OCH3 is 1. The van der Waals surface area contributed by atoms with Crippen LogP contribution in [0.5, 0.6) is 5.75 Å². The highest BCUT2D eigenvalue weighted by atomic mass is 35.5. The molecule has 5 heteroatoms. The van der Waals surface area contributed by atoms with E-state index in [1.807, 2.05) is 6.07 Å². The summed E-state index contributed by atoms with van der Waals surface area (Å²) in [6.45, 7) is 0.395. The number of halogens is 3. The van der Waals surface area contributed by atoms with Crippen molar-refractivity contribution in [1.29, 1.82) is 0 Å². The predicted octanol–water partition coefficient (Wildman–Crippen LogP) is 4.75. The standard InChI is InChI=1S/C14H12Cl2FNO/c1-19-14-4-2-3-11(15)10(14)8-18-13-7-9(17)5-6-12(13)16/h2-7,18H,8H2,1H3. The molecule has 2 rings (SSSR count). The summed E-state index contributed by atoms with van der Waals surface area (Å²) in [5.41, 5.74) is 1.32.